The van der Waals surface area contributed by atoms with Gasteiger partial charge in [-0.05, 0) is 38.0 Å². The highest BCUT2D eigenvalue weighted by atomic mass is 32.1. The zero-order valence-corrected chi connectivity index (χ0v) is 21.9. The number of ether oxygens (including phenoxy) is 3. The third-order valence-corrected chi connectivity index (χ3v) is 7.02. The van der Waals surface area contributed by atoms with Crippen LogP contribution in [0.15, 0.2) is 29.5 Å². The van der Waals surface area contributed by atoms with Crippen LogP contribution in [0.25, 0.3) is 0 Å². The number of hydrogen-bond acceptors (Lipinski definition) is 8. The predicted molar refractivity (Wildman–Crippen MR) is 135 cm³/mol. The van der Waals surface area contributed by atoms with Crippen LogP contribution in [0.2, 0.25) is 0 Å². The van der Waals surface area contributed by atoms with Gasteiger partial charge in [-0.15, -0.1) is 11.3 Å². The summed E-state index contributed by atoms with van der Waals surface area (Å²) in [5, 5.41) is 11.6. The van der Waals surface area contributed by atoms with E-state index in [1.54, 1.807) is 32.2 Å². The molecule has 1 aromatic carbocycles. The van der Waals surface area contributed by atoms with Crippen LogP contribution >= 0.6 is 11.3 Å². The van der Waals surface area contributed by atoms with Crippen molar-refractivity contribution in [3.05, 3.63) is 50.7 Å². The number of thiazole rings is 1. The standard InChI is InChI=1S/C26H34N2O6S/c1-6-7-8-9-13-34-19-11-10-18(15-20(19)33-5)22-21(23(29)25-16(2)27-17(3)35-25)24(30)26(31)28(22)12-14-32-4/h10-11,15,22,30H,6-9,12-14H2,1-5H3. The minimum atomic E-state index is -0.792. The lowest BCUT2D eigenvalue weighted by atomic mass is 9.94. The molecule has 190 valence electrons. The van der Waals surface area contributed by atoms with Crippen LogP contribution in [0.1, 0.15) is 64.6 Å². The molecule has 9 heteroatoms. The van der Waals surface area contributed by atoms with Crippen LogP contribution in [-0.4, -0.2) is 60.7 Å². The summed E-state index contributed by atoms with van der Waals surface area (Å²) in [5.41, 5.74) is 1.24. The number of unbranched alkanes of at least 4 members (excludes halogenated alkanes) is 3. The lowest BCUT2D eigenvalue weighted by Crippen LogP contribution is -2.34. The Morgan fingerprint density at radius 1 is 1.14 bits per heavy atom. The van der Waals surface area contributed by atoms with Gasteiger partial charge in [0.05, 0.1) is 47.5 Å². The second-order valence-electron chi connectivity index (χ2n) is 8.45. The van der Waals surface area contributed by atoms with E-state index in [1.807, 2.05) is 6.92 Å². The van der Waals surface area contributed by atoms with Gasteiger partial charge in [-0.1, -0.05) is 32.3 Å². The third kappa shape index (κ3) is 5.85. The Bertz CT molecular complexity index is 1090. The van der Waals surface area contributed by atoms with Gasteiger partial charge in [0.15, 0.2) is 17.3 Å². The van der Waals surface area contributed by atoms with Gasteiger partial charge in [0, 0.05) is 13.7 Å². The maximum Gasteiger partial charge on any atom is 0.290 e. The number of aliphatic hydroxyl groups is 1. The van der Waals surface area contributed by atoms with Crippen molar-refractivity contribution in [2.45, 2.75) is 52.5 Å². The summed E-state index contributed by atoms with van der Waals surface area (Å²) in [6.45, 7) is 6.77. The van der Waals surface area contributed by atoms with Crippen LogP contribution < -0.4 is 9.47 Å². The Balaban J connectivity index is 1.97. The molecule has 0 spiro atoms. The Kier molecular flexibility index (Phi) is 9.28. The minimum Gasteiger partial charge on any atom is -0.503 e. The molecule has 1 atom stereocenters. The van der Waals surface area contributed by atoms with Gasteiger partial charge < -0.3 is 24.2 Å². The molecule has 0 bridgehead atoms. The number of benzene rings is 1. The fraction of sp³-hybridized carbons (Fsp3) is 0.500. The first kappa shape index (κ1) is 26.7. The summed E-state index contributed by atoms with van der Waals surface area (Å²) >= 11 is 1.25. The molecule has 1 N–H and O–H groups in total. The molecule has 1 aliphatic heterocycles. The van der Waals surface area contributed by atoms with Gasteiger partial charge in [-0.2, -0.15) is 0 Å². The molecule has 35 heavy (non-hydrogen) atoms. The molecule has 8 nitrogen and oxygen atoms in total. The van der Waals surface area contributed by atoms with Gasteiger partial charge >= 0.3 is 0 Å². The highest BCUT2D eigenvalue weighted by Gasteiger charge is 2.44. The average Bonchev–Trinajstić information content (AvgIpc) is 3.32. The quantitative estimate of drug-likeness (QED) is 0.306. The number of hydrogen-bond donors (Lipinski definition) is 1. The molecular weight excluding hydrogens is 468 g/mol. The molecule has 1 unspecified atom stereocenters. The topological polar surface area (TPSA) is 98.2 Å². The Hall–Kier alpha value is -2.91. The largest absolute Gasteiger partial charge is 0.503 e. The van der Waals surface area contributed by atoms with E-state index >= 15 is 0 Å². The predicted octanol–water partition coefficient (Wildman–Crippen LogP) is 4.95. The molecule has 3 rings (SSSR count). The van der Waals surface area contributed by atoms with Crippen LogP contribution in [0.3, 0.4) is 0 Å². The Labute approximate surface area is 210 Å². The van der Waals surface area contributed by atoms with Crippen molar-refractivity contribution < 1.29 is 28.9 Å². The normalized spacial score (nSPS) is 15.7. The zero-order chi connectivity index (χ0) is 25.5. The summed E-state index contributed by atoms with van der Waals surface area (Å²) in [5.74, 6) is -0.462. The fourth-order valence-electron chi connectivity index (χ4n) is 4.20. The number of aryl methyl sites for hydroxylation is 2. The van der Waals surface area contributed by atoms with E-state index in [9.17, 15) is 14.7 Å². The average molecular weight is 503 g/mol. The zero-order valence-electron chi connectivity index (χ0n) is 21.1. The summed E-state index contributed by atoms with van der Waals surface area (Å²) in [6.07, 6.45) is 4.36. The number of methoxy groups -OCH3 is 2. The Morgan fingerprint density at radius 3 is 2.54 bits per heavy atom. The van der Waals surface area contributed by atoms with E-state index < -0.39 is 23.5 Å². The van der Waals surface area contributed by atoms with E-state index in [2.05, 4.69) is 11.9 Å². The summed E-state index contributed by atoms with van der Waals surface area (Å²) in [4.78, 5) is 32.8. The maximum absolute atomic E-state index is 13.6. The second kappa shape index (κ2) is 12.2. The second-order valence-corrected chi connectivity index (χ2v) is 9.66. The third-order valence-electron chi connectivity index (χ3n) is 5.95. The monoisotopic (exact) mass is 502 g/mol. The highest BCUT2D eigenvalue weighted by Crippen LogP contribution is 2.42. The van der Waals surface area contributed by atoms with E-state index in [-0.39, 0.29) is 18.7 Å². The molecular formula is C26H34N2O6S. The summed E-state index contributed by atoms with van der Waals surface area (Å²) < 4.78 is 16.7. The van der Waals surface area contributed by atoms with E-state index in [0.717, 1.165) is 30.7 Å². The molecule has 1 aromatic heterocycles. The van der Waals surface area contributed by atoms with Crippen molar-refractivity contribution in [2.24, 2.45) is 0 Å². The molecule has 0 saturated carbocycles. The molecule has 1 aliphatic rings. The van der Waals surface area contributed by atoms with Crippen molar-refractivity contribution >= 4 is 23.0 Å². The maximum atomic E-state index is 13.6. The van der Waals surface area contributed by atoms with E-state index in [0.29, 0.717) is 34.2 Å². The molecule has 2 aromatic rings. The van der Waals surface area contributed by atoms with Gasteiger partial charge in [0.2, 0.25) is 5.78 Å². The SMILES string of the molecule is CCCCCCOc1ccc(C2C(C(=O)c3sc(C)nc3C)=C(O)C(=O)N2CCOC)cc1OC. The number of ketones is 1. The number of carbonyl (C=O) groups excluding carboxylic acids is 2. The first-order valence-corrected chi connectivity index (χ1v) is 12.7. The fourth-order valence-corrected chi connectivity index (χ4v) is 5.08. The highest BCUT2D eigenvalue weighted by molar-refractivity contribution is 7.14. The van der Waals surface area contributed by atoms with Gasteiger partial charge in [-0.25, -0.2) is 4.98 Å². The van der Waals surface area contributed by atoms with Crippen molar-refractivity contribution in [3.63, 3.8) is 0 Å². The van der Waals surface area contributed by atoms with Gasteiger partial charge in [-0.3, -0.25) is 9.59 Å². The van der Waals surface area contributed by atoms with Crippen molar-refractivity contribution in [2.75, 3.05) is 34.0 Å². The number of Topliss-reactive ketones (excluding diaryl/α,β-unsaturated/α-hetero) is 1. The van der Waals surface area contributed by atoms with E-state index in [1.165, 1.54) is 23.3 Å². The number of nitrogens with zero attached hydrogens (tertiary/aromatic N) is 2. The smallest absolute Gasteiger partial charge is 0.290 e. The number of aromatic nitrogens is 1. The lowest BCUT2D eigenvalue weighted by Gasteiger charge is -2.27. The number of aliphatic hydroxyl groups excluding tert-OH is 1. The van der Waals surface area contributed by atoms with Crippen molar-refractivity contribution in [3.8, 4) is 11.5 Å². The van der Waals surface area contributed by atoms with E-state index in [4.69, 9.17) is 14.2 Å². The van der Waals surface area contributed by atoms with Crippen molar-refractivity contribution in [1.82, 2.24) is 9.88 Å². The van der Waals surface area contributed by atoms with Gasteiger partial charge in [0.25, 0.3) is 5.91 Å². The minimum absolute atomic E-state index is 0.0353. The number of carbonyl (C=O) groups is 2. The molecule has 0 aliphatic carbocycles. The summed E-state index contributed by atoms with van der Waals surface area (Å²) in [6, 6.07) is 4.56. The molecule has 2 heterocycles. The van der Waals surface area contributed by atoms with Crippen LogP contribution in [0.4, 0.5) is 0 Å². The first-order chi connectivity index (χ1) is 16.8. The van der Waals surface area contributed by atoms with Crippen LogP contribution in [0.5, 0.6) is 11.5 Å². The van der Waals surface area contributed by atoms with Crippen LogP contribution in [0, 0.1) is 13.8 Å². The Morgan fingerprint density at radius 2 is 1.91 bits per heavy atom. The number of rotatable bonds is 13. The molecule has 0 radical (unpaired) electrons. The molecule has 1 amide bonds. The summed E-state index contributed by atoms with van der Waals surface area (Å²) in [7, 11) is 3.09. The molecule has 0 saturated heterocycles. The first-order valence-electron chi connectivity index (χ1n) is 11.9. The van der Waals surface area contributed by atoms with Gasteiger partial charge in [0.1, 0.15) is 0 Å². The lowest BCUT2D eigenvalue weighted by molar-refractivity contribution is -0.130. The number of amides is 1. The molecule has 0 fully saturated rings. The van der Waals surface area contributed by atoms with Crippen LogP contribution in [-0.2, 0) is 9.53 Å². The van der Waals surface area contributed by atoms with Crippen molar-refractivity contribution in [1.29, 1.82) is 0 Å².